The Morgan fingerprint density at radius 1 is 1.58 bits per heavy atom. The maximum atomic E-state index is 14.1. The second-order valence-electron chi connectivity index (χ2n) is 5.18. The van der Waals surface area contributed by atoms with E-state index in [4.69, 9.17) is 11.0 Å². The molecule has 2 heterocycles. The van der Waals surface area contributed by atoms with Crippen molar-refractivity contribution in [2.45, 2.75) is 26.2 Å². The summed E-state index contributed by atoms with van der Waals surface area (Å²) in [6.45, 7) is 2.18. The van der Waals surface area contributed by atoms with Gasteiger partial charge in [-0.25, -0.2) is 13.9 Å². The number of aromatic nitrogens is 3. The van der Waals surface area contributed by atoms with Gasteiger partial charge in [-0.15, -0.1) is 5.10 Å². The van der Waals surface area contributed by atoms with Crippen LogP contribution in [0, 0.1) is 29.0 Å². The van der Waals surface area contributed by atoms with Crippen LogP contribution in [0.4, 0.5) is 10.3 Å². The summed E-state index contributed by atoms with van der Waals surface area (Å²) < 4.78 is 15.6. The van der Waals surface area contributed by atoms with Crippen molar-refractivity contribution in [3.63, 3.8) is 0 Å². The lowest BCUT2D eigenvalue weighted by molar-refractivity contribution is 0.193. The maximum absolute atomic E-state index is 14.1. The van der Waals surface area contributed by atoms with E-state index >= 15 is 0 Å². The molecule has 0 amide bonds. The minimum atomic E-state index is -0.551. The van der Waals surface area contributed by atoms with Crippen molar-refractivity contribution in [1.29, 1.82) is 5.26 Å². The fourth-order valence-corrected chi connectivity index (χ4v) is 2.67. The summed E-state index contributed by atoms with van der Waals surface area (Å²) in [6, 6.07) is 1.94. The molecule has 2 atom stereocenters. The van der Waals surface area contributed by atoms with Crippen molar-refractivity contribution < 1.29 is 4.39 Å². The summed E-state index contributed by atoms with van der Waals surface area (Å²) in [5.74, 6) is 0.625. The molecule has 0 aromatic carbocycles. The SMILES string of the molecule is CC1CCC1Cc1c(C#N)c(F)c2cnc(N)nn12. The molecule has 0 radical (unpaired) electrons. The normalized spacial score (nSPS) is 22.2. The molecule has 2 N–H and O–H groups in total. The van der Waals surface area contributed by atoms with Gasteiger partial charge in [-0.3, -0.25) is 0 Å². The van der Waals surface area contributed by atoms with Crippen LogP contribution in [-0.4, -0.2) is 14.6 Å². The molecule has 19 heavy (non-hydrogen) atoms. The van der Waals surface area contributed by atoms with E-state index in [0.717, 1.165) is 6.42 Å². The first kappa shape index (κ1) is 11.9. The van der Waals surface area contributed by atoms with Crippen molar-refractivity contribution in [3.8, 4) is 6.07 Å². The fourth-order valence-electron chi connectivity index (χ4n) is 2.67. The zero-order valence-electron chi connectivity index (χ0n) is 10.6. The maximum Gasteiger partial charge on any atom is 0.238 e. The highest BCUT2D eigenvalue weighted by Crippen LogP contribution is 2.37. The van der Waals surface area contributed by atoms with Gasteiger partial charge in [-0.1, -0.05) is 13.3 Å². The summed E-state index contributed by atoms with van der Waals surface area (Å²) in [5, 5.41) is 13.2. The molecule has 3 rings (SSSR count). The van der Waals surface area contributed by atoms with E-state index in [1.165, 1.54) is 17.1 Å². The number of nitriles is 1. The molecule has 6 heteroatoms. The molecule has 0 aliphatic heterocycles. The number of hydrogen-bond donors (Lipinski definition) is 1. The zero-order valence-corrected chi connectivity index (χ0v) is 10.6. The molecule has 2 unspecified atom stereocenters. The minimum absolute atomic E-state index is 0.0685. The van der Waals surface area contributed by atoms with Crippen LogP contribution in [0.3, 0.4) is 0 Å². The van der Waals surface area contributed by atoms with Gasteiger partial charge in [0.2, 0.25) is 5.95 Å². The molecule has 1 saturated carbocycles. The van der Waals surface area contributed by atoms with E-state index in [-0.39, 0.29) is 17.0 Å². The van der Waals surface area contributed by atoms with E-state index in [2.05, 4.69) is 17.0 Å². The monoisotopic (exact) mass is 259 g/mol. The topological polar surface area (TPSA) is 80.0 Å². The second kappa shape index (κ2) is 4.19. The van der Waals surface area contributed by atoms with Gasteiger partial charge in [0.1, 0.15) is 17.1 Å². The Morgan fingerprint density at radius 2 is 2.37 bits per heavy atom. The van der Waals surface area contributed by atoms with E-state index in [1.54, 1.807) is 0 Å². The van der Waals surface area contributed by atoms with Gasteiger partial charge in [-0.2, -0.15) is 5.26 Å². The molecule has 2 aromatic rings. The standard InChI is InChI=1S/C13H14FN5/c1-7-2-3-8(7)4-10-9(5-15)12(14)11-6-17-13(16)18-19(10)11/h6-8H,2-4H2,1H3,(H2,16,18). The third-order valence-electron chi connectivity index (χ3n) is 4.10. The highest BCUT2D eigenvalue weighted by molar-refractivity contribution is 5.57. The predicted molar refractivity (Wildman–Crippen MR) is 67.7 cm³/mol. The van der Waals surface area contributed by atoms with Gasteiger partial charge < -0.3 is 5.73 Å². The zero-order chi connectivity index (χ0) is 13.6. The van der Waals surface area contributed by atoms with Crippen LogP contribution in [0.1, 0.15) is 31.0 Å². The number of rotatable bonds is 2. The number of hydrogen-bond acceptors (Lipinski definition) is 4. The summed E-state index contributed by atoms with van der Waals surface area (Å²) in [6.07, 6.45) is 4.29. The summed E-state index contributed by atoms with van der Waals surface area (Å²) in [4.78, 5) is 3.78. The molecule has 0 spiro atoms. The van der Waals surface area contributed by atoms with Crippen LogP contribution >= 0.6 is 0 Å². The first-order chi connectivity index (χ1) is 9.11. The molecule has 2 aromatic heterocycles. The number of halogens is 1. The lowest BCUT2D eigenvalue weighted by atomic mass is 9.72. The third kappa shape index (κ3) is 1.73. The van der Waals surface area contributed by atoms with Gasteiger partial charge in [0, 0.05) is 0 Å². The Labute approximate surface area is 109 Å². The van der Waals surface area contributed by atoms with E-state index < -0.39 is 5.82 Å². The molecule has 0 saturated heterocycles. The smallest absolute Gasteiger partial charge is 0.238 e. The minimum Gasteiger partial charge on any atom is -0.367 e. The van der Waals surface area contributed by atoms with Crippen LogP contribution in [-0.2, 0) is 6.42 Å². The second-order valence-corrected chi connectivity index (χ2v) is 5.18. The van der Waals surface area contributed by atoms with Crippen LogP contribution in [0.5, 0.6) is 0 Å². The molecule has 1 aliphatic rings. The van der Waals surface area contributed by atoms with Gasteiger partial charge in [0.25, 0.3) is 0 Å². The van der Waals surface area contributed by atoms with Crippen LogP contribution in [0.25, 0.3) is 5.52 Å². The third-order valence-corrected chi connectivity index (χ3v) is 4.10. The Balaban J connectivity index is 2.15. The lowest BCUT2D eigenvalue weighted by Crippen LogP contribution is -2.26. The first-order valence-corrected chi connectivity index (χ1v) is 6.33. The van der Waals surface area contributed by atoms with Gasteiger partial charge >= 0.3 is 0 Å². The number of nitrogens with two attached hydrogens (primary N) is 1. The number of anilines is 1. The highest BCUT2D eigenvalue weighted by atomic mass is 19.1. The van der Waals surface area contributed by atoms with Crippen LogP contribution in [0.15, 0.2) is 6.20 Å². The largest absolute Gasteiger partial charge is 0.367 e. The Kier molecular flexibility index (Phi) is 2.63. The fraction of sp³-hybridized carbons (Fsp3) is 0.462. The highest BCUT2D eigenvalue weighted by Gasteiger charge is 2.30. The van der Waals surface area contributed by atoms with Crippen molar-refractivity contribution in [3.05, 3.63) is 23.3 Å². The van der Waals surface area contributed by atoms with E-state index in [9.17, 15) is 4.39 Å². The molecule has 1 fully saturated rings. The molecule has 5 nitrogen and oxygen atoms in total. The van der Waals surface area contributed by atoms with Crippen molar-refractivity contribution >= 4 is 11.5 Å². The Morgan fingerprint density at radius 3 is 2.95 bits per heavy atom. The molecule has 98 valence electrons. The summed E-state index contributed by atoms with van der Waals surface area (Å²) >= 11 is 0. The Bertz CT molecular complexity index is 684. The van der Waals surface area contributed by atoms with E-state index in [1.807, 2.05) is 6.07 Å². The van der Waals surface area contributed by atoms with Crippen LogP contribution < -0.4 is 5.73 Å². The van der Waals surface area contributed by atoms with E-state index in [0.29, 0.717) is 24.0 Å². The van der Waals surface area contributed by atoms with Gasteiger partial charge in [-0.05, 0) is 24.7 Å². The first-order valence-electron chi connectivity index (χ1n) is 6.33. The van der Waals surface area contributed by atoms with Crippen molar-refractivity contribution in [2.75, 3.05) is 5.73 Å². The molecular weight excluding hydrogens is 245 g/mol. The quantitative estimate of drug-likeness (QED) is 0.893. The lowest BCUT2D eigenvalue weighted by Gasteiger charge is -2.33. The van der Waals surface area contributed by atoms with Gasteiger partial charge in [0.05, 0.1) is 11.9 Å². The molecule has 1 aliphatic carbocycles. The molecule has 0 bridgehead atoms. The summed E-state index contributed by atoms with van der Waals surface area (Å²) in [7, 11) is 0. The molecular formula is C13H14FN5. The van der Waals surface area contributed by atoms with Crippen LogP contribution in [0.2, 0.25) is 0 Å². The number of nitrogens with zero attached hydrogens (tertiary/aromatic N) is 4. The average Bonchev–Trinajstić information content (AvgIpc) is 2.66. The number of nitrogen functional groups attached to an aromatic ring is 1. The van der Waals surface area contributed by atoms with Gasteiger partial charge in [0.15, 0.2) is 5.82 Å². The predicted octanol–water partition coefficient (Wildman–Crippen LogP) is 1.91. The van der Waals surface area contributed by atoms with Crippen molar-refractivity contribution in [2.24, 2.45) is 11.8 Å². The van der Waals surface area contributed by atoms with Crippen molar-refractivity contribution in [1.82, 2.24) is 14.6 Å². The summed E-state index contributed by atoms with van der Waals surface area (Å²) in [5.41, 5.74) is 6.45. The number of fused-ring (bicyclic) bond motifs is 1. The Hall–Kier alpha value is -2.16. The average molecular weight is 259 g/mol.